The summed E-state index contributed by atoms with van der Waals surface area (Å²) in [5, 5.41) is 4.44. The molecule has 4 heteroatoms. The van der Waals surface area contributed by atoms with Crippen molar-refractivity contribution in [3.8, 4) is 5.69 Å². The minimum absolute atomic E-state index is 0.341. The molecule has 0 spiro atoms. The summed E-state index contributed by atoms with van der Waals surface area (Å²) >= 11 is 0. The van der Waals surface area contributed by atoms with E-state index in [1.165, 1.54) is 12.0 Å². The van der Waals surface area contributed by atoms with E-state index in [-0.39, 0.29) is 0 Å². The van der Waals surface area contributed by atoms with E-state index in [0.29, 0.717) is 24.0 Å². The normalized spacial score (nSPS) is 27.7. The molecule has 2 aliphatic heterocycles. The number of benzene rings is 1. The molecule has 2 aromatic rings. The van der Waals surface area contributed by atoms with Gasteiger partial charge in [0.1, 0.15) is 12.2 Å². The molecule has 0 radical (unpaired) electrons. The summed E-state index contributed by atoms with van der Waals surface area (Å²) in [7, 11) is 0. The van der Waals surface area contributed by atoms with Gasteiger partial charge in [-0.05, 0) is 42.9 Å². The Bertz CT molecular complexity index is 632. The van der Waals surface area contributed by atoms with Gasteiger partial charge in [0.2, 0.25) is 0 Å². The number of aromatic nitrogens is 3. The summed E-state index contributed by atoms with van der Waals surface area (Å²) in [6.07, 6.45) is 5.90. The van der Waals surface area contributed by atoms with Gasteiger partial charge in [-0.1, -0.05) is 26.0 Å². The van der Waals surface area contributed by atoms with Crippen LogP contribution in [0.15, 0.2) is 30.6 Å². The van der Waals surface area contributed by atoms with Crippen LogP contribution in [0.2, 0.25) is 0 Å². The highest BCUT2D eigenvalue weighted by Gasteiger charge is 2.43. The van der Waals surface area contributed by atoms with Crippen LogP contribution < -0.4 is 0 Å². The maximum Gasteiger partial charge on any atom is 0.138 e. The van der Waals surface area contributed by atoms with E-state index in [1.54, 1.807) is 6.33 Å². The Hall–Kier alpha value is -1.68. The van der Waals surface area contributed by atoms with Crippen molar-refractivity contribution < 1.29 is 4.74 Å². The van der Waals surface area contributed by atoms with E-state index < -0.39 is 0 Å². The largest absolute Gasteiger partial charge is 0.374 e. The standard InChI is InChI=1S/C17H21N3O/c1-11(2)12-3-5-13(6-4-12)20-17(18-10-19-20)15-9-14-7-8-16(15)21-14/h3-6,10-11,14-16H,7-9H2,1-2H3/t14-,15-,16+/m0/s1. The Morgan fingerprint density at radius 3 is 2.62 bits per heavy atom. The molecule has 0 unspecified atom stereocenters. The Morgan fingerprint density at radius 1 is 1.19 bits per heavy atom. The number of ether oxygens (including phenoxy) is 1. The van der Waals surface area contributed by atoms with E-state index in [1.807, 2.05) is 4.68 Å². The van der Waals surface area contributed by atoms with Gasteiger partial charge >= 0.3 is 0 Å². The molecule has 2 saturated heterocycles. The Kier molecular flexibility index (Phi) is 3.07. The quantitative estimate of drug-likeness (QED) is 0.866. The summed E-state index contributed by atoms with van der Waals surface area (Å²) in [6.45, 7) is 4.42. The molecule has 2 fully saturated rings. The van der Waals surface area contributed by atoms with Crippen LogP contribution in [0.25, 0.3) is 5.69 Å². The average Bonchev–Trinajstić information content (AvgIpc) is 3.22. The molecule has 0 N–H and O–H groups in total. The summed E-state index contributed by atoms with van der Waals surface area (Å²) in [5.41, 5.74) is 2.44. The fraction of sp³-hybridized carbons (Fsp3) is 0.529. The minimum atomic E-state index is 0.341. The highest BCUT2D eigenvalue weighted by atomic mass is 16.5. The van der Waals surface area contributed by atoms with Crippen molar-refractivity contribution in [1.82, 2.24) is 14.8 Å². The fourth-order valence-electron chi connectivity index (χ4n) is 3.61. The van der Waals surface area contributed by atoms with Crippen LogP contribution in [0.3, 0.4) is 0 Å². The van der Waals surface area contributed by atoms with Crippen molar-refractivity contribution in [2.75, 3.05) is 0 Å². The molecule has 110 valence electrons. The number of hydrogen-bond acceptors (Lipinski definition) is 3. The zero-order valence-corrected chi connectivity index (χ0v) is 12.6. The van der Waals surface area contributed by atoms with Crippen LogP contribution in [0.5, 0.6) is 0 Å². The summed E-state index contributed by atoms with van der Waals surface area (Å²) < 4.78 is 7.95. The summed E-state index contributed by atoms with van der Waals surface area (Å²) in [6, 6.07) is 8.65. The van der Waals surface area contributed by atoms with Crippen molar-refractivity contribution in [3.63, 3.8) is 0 Å². The second-order valence-corrected chi connectivity index (χ2v) is 6.49. The maximum absolute atomic E-state index is 5.97. The molecule has 0 amide bonds. The van der Waals surface area contributed by atoms with E-state index >= 15 is 0 Å². The Labute approximate surface area is 125 Å². The zero-order valence-electron chi connectivity index (χ0n) is 12.6. The topological polar surface area (TPSA) is 39.9 Å². The molecule has 1 aromatic carbocycles. The second kappa shape index (κ2) is 4.95. The van der Waals surface area contributed by atoms with Crippen molar-refractivity contribution >= 4 is 0 Å². The predicted molar refractivity (Wildman–Crippen MR) is 80.7 cm³/mol. The molecule has 2 bridgehead atoms. The van der Waals surface area contributed by atoms with Gasteiger partial charge in [0.15, 0.2) is 0 Å². The van der Waals surface area contributed by atoms with Crippen LogP contribution >= 0.6 is 0 Å². The molecule has 1 aromatic heterocycles. The van der Waals surface area contributed by atoms with Crippen LogP contribution in [0, 0.1) is 0 Å². The zero-order chi connectivity index (χ0) is 14.4. The second-order valence-electron chi connectivity index (χ2n) is 6.49. The van der Waals surface area contributed by atoms with Crippen molar-refractivity contribution in [2.45, 2.75) is 57.2 Å². The highest BCUT2D eigenvalue weighted by molar-refractivity contribution is 5.36. The van der Waals surface area contributed by atoms with E-state index in [4.69, 9.17) is 4.74 Å². The minimum Gasteiger partial charge on any atom is -0.374 e. The van der Waals surface area contributed by atoms with Gasteiger partial charge in [0, 0.05) is 5.92 Å². The number of fused-ring (bicyclic) bond motifs is 2. The maximum atomic E-state index is 5.97. The van der Waals surface area contributed by atoms with Crippen molar-refractivity contribution in [2.24, 2.45) is 0 Å². The molecule has 0 saturated carbocycles. The lowest BCUT2D eigenvalue weighted by molar-refractivity contribution is 0.0997. The fourth-order valence-corrected chi connectivity index (χ4v) is 3.61. The van der Waals surface area contributed by atoms with E-state index in [0.717, 1.165) is 24.4 Å². The molecule has 0 aliphatic carbocycles. The van der Waals surface area contributed by atoms with Crippen molar-refractivity contribution in [1.29, 1.82) is 0 Å². The van der Waals surface area contributed by atoms with E-state index in [2.05, 4.69) is 48.2 Å². The summed E-state index contributed by atoms with van der Waals surface area (Å²) in [4.78, 5) is 4.52. The third kappa shape index (κ3) is 2.18. The summed E-state index contributed by atoms with van der Waals surface area (Å²) in [5.74, 6) is 2.00. The number of rotatable bonds is 3. The molecule has 4 nitrogen and oxygen atoms in total. The first-order valence-electron chi connectivity index (χ1n) is 7.88. The highest BCUT2D eigenvalue weighted by Crippen LogP contribution is 2.44. The molecular weight excluding hydrogens is 262 g/mol. The molecule has 21 heavy (non-hydrogen) atoms. The van der Waals surface area contributed by atoms with Gasteiger partial charge in [-0.2, -0.15) is 5.10 Å². The SMILES string of the molecule is CC(C)c1ccc(-n2ncnc2[C@H]2C[C@@H]3CC[C@H]2O3)cc1. The van der Waals surface area contributed by atoms with E-state index in [9.17, 15) is 0 Å². The monoisotopic (exact) mass is 283 g/mol. The van der Waals surface area contributed by atoms with Gasteiger partial charge < -0.3 is 4.74 Å². The first kappa shape index (κ1) is 13.0. The molecule has 3 atom stereocenters. The predicted octanol–water partition coefficient (Wildman–Crippen LogP) is 3.43. The molecular formula is C17H21N3O. The smallest absolute Gasteiger partial charge is 0.138 e. The first-order chi connectivity index (χ1) is 10.2. The van der Waals surface area contributed by atoms with Gasteiger partial charge in [-0.25, -0.2) is 9.67 Å². The van der Waals surface area contributed by atoms with Gasteiger partial charge in [-0.15, -0.1) is 0 Å². The van der Waals surface area contributed by atoms with Crippen LogP contribution in [-0.2, 0) is 4.74 Å². The average molecular weight is 283 g/mol. The van der Waals surface area contributed by atoms with Gasteiger partial charge in [0.05, 0.1) is 17.9 Å². The van der Waals surface area contributed by atoms with Gasteiger partial charge in [0.25, 0.3) is 0 Å². The lowest BCUT2D eigenvalue weighted by Crippen LogP contribution is -2.19. The molecule has 2 aliphatic rings. The van der Waals surface area contributed by atoms with Crippen LogP contribution in [0.4, 0.5) is 0 Å². The Balaban J connectivity index is 1.65. The number of hydrogen-bond donors (Lipinski definition) is 0. The molecule has 4 rings (SSSR count). The first-order valence-corrected chi connectivity index (χ1v) is 7.88. The molecule has 3 heterocycles. The van der Waals surface area contributed by atoms with Crippen molar-refractivity contribution in [3.05, 3.63) is 42.0 Å². The van der Waals surface area contributed by atoms with Gasteiger partial charge in [-0.3, -0.25) is 0 Å². The van der Waals surface area contributed by atoms with Crippen LogP contribution in [-0.4, -0.2) is 27.0 Å². The Morgan fingerprint density at radius 2 is 2.00 bits per heavy atom. The van der Waals surface area contributed by atoms with Crippen LogP contribution in [0.1, 0.15) is 56.3 Å². The third-order valence-electron chi connectivity index (χ3n) is 4.82. The lowest BCUT2D eigenvalue weighted by atomic mass is 9.88. The third-order valence-corrected chi connectivity index (χ3v) is 4.82. The lowest BCUT2D eigenvalue weighted by Gasteiger charge is -2.18. The number of nitrogens with zero attached hydrogens (tertiary/aromatic N) is 3.